The minimum atomic E-state index is 0. The molecule has 0 spiro atoms. The number of ether oxygens (including phenoxy) is 2. The summed E-state index contributed by atoms with van der Waals surface area (Å²) in [4.78, 5) is 0. The van der Waals surface area contributed by atoms with Crippen LogP contribution in [0, 0.1) is 11.8 Å². The maximum absolute atomic E-state index is 6.21. The molecule has 1 rings (SSSR count). The predicted molar refractivity (Wildman–Crippen MR) is 209 cm³/mol. The highest BCUT2D eigenvalue weighted by molar-refractivity contribution is 4.93. The number of allylic oxidation sites excluding steroid dienone is 8. The van der Waals surface area contributed by atoms with Crippen molar-refractivity contribution in [3.05, 3.63) is 48.6 Å². The van der Waals surface area contributed by atoms with Crippen molar-refractivity contribution in [2.45, 2.75) is 168 Å². The summed E-state index contributed by atoms with van der Waals surface area (Å²) in [5, 5.41) is 0. The molecule has 4 heteroatoms. The molecule has 3 nitrogen and oxygen atoms in total. The lowest BCUT2D eigenvalue weighted by Gasteiger charge is -2.23. The minimum Gasteiger partial charge on any atom is -1.00 e. The molecule has 0 aliphatic carbocycles. The van der Waals surface area contributed by atoms with Gasteiger partial charge in [-0.1, -0.05) is 140 Å². The first-order valence-electron chi connectivity index (χ1n) is 20.7. The van der Waals surface area contributed by atoms with Crippen LogP contribution in [0.15, 0.2) is 48.6 Å². The minimum absolute atomic E-state index is 0. The second kappa shape index (κ2) is 35.9. The molecule has 0 bridgehead atoms. The van der Waals surface area contributed by atoms with Crippen LogP contribution in [0.3, 0.4) is 0 Å². The van der Waals surface area contributed by atoms with Gasteiger partial charge in [-0.3, -0.25) is 0 Å². The van der Waals surface area contributed by atoms with Gasteiger partial charge in [0.2, 0.25) is 0 Å². The SMILES string of the molecule is CCCCC/C=C\C/C=C\CCCCCCCCOC[C@H]1C[N+](C)(C)C[C@@H]1COCCCCCCCC/C=C\C/C=C\CCCCC.[Cl-]. The van der Waals surface area contributed by atoms with E-state index in [1.807, 2.05) is 0 Å². The first kappa shape index (κ1) is 47.1. The Morgan fingerprint density at radius 2 is 0.750 bits per heavy atom. The molecule has 48 heavy (non-hydrogen) atoms. The number of unbranched alkanes of at least 4 members (excludes halogenated alkanes) is 18. The molecule has 282 valence electrons. The number of quaternary nitrogens is 1. The van der Waals surface area contributed by atoms with Gasteiger partial charge in [-0.25, -0.2) is 0 Å². The van der Waals surface area contributed by atoms with Crippen molar-refractivity contribution in [3.63, 3.8) is 0 Å². The van der Waals surface area contributed by atoms with Crippen LogP contribution in [0.5, 0.6) is 0 Å². The molecule has 1 aliphatic rings. The summed E-state index contributed by atoms with van der Waals surface area (Å²) in [7, 11) is 4.75. The van der Waals surface area contributed by atoms with E-state index in [4.69, 9.17) is 9.47 Å². The second-order valence-corrected chi connectivity index (χ2v) is 15.1. The van der Waals surface area contributed by atoms with Gasteiger partial charge in [0.1, 0.15) is 0 Å². The fourth-order valence-corrected chi connectivity index (χ4v) is 6.87. The lowest BCUT2D eigenvalue weighted by Crippen LogP contribution is -3.00. The maximum Gasteiger partial charge on any atom is 0.0839 e. The Hall–Kier alpha value is -0.870. The molecule has 0 unspecified atom stereocenters. The van der Waals surface area contributed by atoms with E-state index in [0.29, 0.717) is 11.8 Å². The summed E-state index contributed by atoms with van der Waals surface area (Å²) in [5.74, 6) is 1.29. The van der Waals surface area contributed by atoms with Crippen molar-refractivity contribution in [3.8, 4) is 0 Å². The Bertz CT molecular complexity index is 712. The van der Waals surface area contributed by atoms with Crippen molar-refractivity contribution in [1.29, 1.82) is 0 Å². The van der Waals surface area contributed by atoms with Crippen LogP contribution in [0.4, 0.5) is 0 Å². The Labute approximate surface area is 307 Å². The van der Waals surface area contributed by atoms with Gasteiger partial charge >= 0.3 is 0 Å². The molecule has 0 aromatic carbocycles. The molecule has 0 saturated carbocycles. The van der Waals surface area contributed by atoms with Gasteiger partial charge in [-0.15, -0.1) is 0 Å². The summed E-state index contributed by atoms with van der Waals surface area (Å²) in [5.41, 5.74) is 0. The number of nitrogens with zero attached hydrogens (tertiary/aromatic N) is 1. The summed E-state index contributed by atoms with van der Waals surface area (Å²) < 4.78 is 13.5. The van der Waals surface area contributed by atoms with Gasteiger partial charge in [0.05, 0.1) is 40.4 Å². The van der Waals surface area contributed by atoms with E-state index in [9.17, 15) is 0 Å². The van der Waals surface area contributed by atoms with Crippen molar-refractivity contribution < 1.29 is 26.4 Å². The Morgan fingerprint density at radius 1 is 0.438 bits per heavy atom. The highest BCUT2D eigenvalue weighted by Gasteiger charge is 2.40. The van der Waals surface area contributed by atoms with E-state index in [-0.39, 0.29) is 12.4 Å². The predicted octanol–water partition coefficient (Wildman–Crippen LogP) is 9.97. The number of hydrogen-bond donors (Lipinski definition) is 0. The third-order valence-corrected chi connectivity index (χ3v) is 9.77. The van der Waals surface area contributed by atoms with Crippen molar-refractivity contribution in [2.75, 3.05) is 53.6 Å². The van der Waals surface area contributed by atoms with Crippen molar-refractivity contribution in [2.24, 2.45) is 11.8 Å². The van der Waals surface area contributed by atoms with E-state index >= 15 is 0 Å². The fourth-order valence-electron chi connectivity index (χ4n) is 6.87. The van der Waals surface area contributed by atoms with Crippen LogP contribution in [-0.2, 0) is 9.47 Å². The first-order valence-corrected chi connectivity index (χ1v) is 20.7. The summed E-state index contributed by atoms with van der Waals surface area (Å²) in [6.07, 6.45) is 49.9. The Morgan fingerprint density at radius 3 is 1.10 bits per heavy atom. The molecule has 1 heterocycles. The third-order valence-electron chi connectivity index (χ3n) is 9.77. The standard InChI is InChI=1S/C44H82NO2.ClH/c1-5-7-9-11-13-15-17-19-21-23-25-27-29-31-33-35-37-46-41-43-39-45(3,4)40-44(43)42-47-38-36-34-32-30-28-26-24-22-20-18-16-14-12-10-8-6-2;/h13-16,19-22,43-44H,5-12,17-18,23-42H2,1-4H3;1H/q+1;/p-1/b15-13-,16-14-,21-19-,22-20-;/t43-,44-;/m1./s1. The lowest BCUT2D eigenvalue weighted by molar-refractivity contribution is -0.880. The lowest BCUT2D eigenvalue weighted by atomic mass is 9.98. The van der Waals surface area contributed by atoms with Crippen LogP contribution in [-0.4, -0.2) is 58.1 Å². The van der Waals surface area contributed by atoms with E-state index in [1.54, 1.807) is 0 Å². The van der Waals surface area contributed by atoms with Gasteiger partial charge in [0.15, 0.2) is 0 Å². The average molecular weight is 693 g/mol. The zero-order valence-electron chi connectivity index (χ0n) is 32.6. The maximum atomic E-state index is 6.21. The van der Waals surface area contributed by atoms with E-state index in [0.717, 1.165) is 43.8 Å². The zero-order chi connectivity index (χ0) is 33.9. The van der Waals surface area contributed by atoms with E-state index in [1.165, 1.54) is 154 Å². The van der Waals surface area contributed by atoms with Crippen molar-refractivity contribution in [1.82, 2.24) is 0 Å². The van der Waals surface area contributed by atoms with Crippen LogP contribution >= 0.6 is 0 Å². The van der Waals surface area contributed by atoms with Crippen LogP contribution in [0.1, 0.15) is 168 Å². The normalized spacial score (nSPS) is 17.9. The quantitative estimate of drug-likeness (QED) is 0.0380. The van der Waals surface area contributed by atoms with Gasteiger partial charge in [-0.2, -0.15) is 0 Å². The van der Waals surface area contributed by atoms with Gasteiger partial charge in [0, 0.05) is 25.0 Å². The van der Waals surface area contributed by atoms with Crippen LogP contribution in [0.2, 0.25) is 0 Å². The summed E-state index contributed by atoms with van der Waals surface area (Å²) in [6, 6.07) is 0. The smallest absolute Gasteiger partial charge is 0.0839 e. The molecule has 0 radical (unpaired) electrons. The van der Waals surface area contributed by atoms with E-state index < -0.39 is 0 Å². The average Bonchev–Trinajstić information content (AvgIpc) is 3.36. The fraction of sp³-hybridized carbons (Fsp3) is 0.818. The molecule has 2 atom stereocenters. The molecule has 1 fully saturated rings. The Kier molecular flexibility index (Phi) is 35.3. The third kappa shape index (κ3) is 31.1. The van der Waals surface area contributed by atoms with Crippen molar-refractivity contribution >= 4 is 0 Å². The molecule has 0 N–H and O–H groups in total. The molecule has 1 saturated heterocycles. The molecular formula is C44H82ClNO2. The topological polar surface area (TPSA) is 18.5 Å². The molecular weight excluding hydrogens is 610 g/mol. The van der Waals surface area contributed by atoms with E-state index in [2.05, 4.69) is 76.6 Å². The van der Waals surface area contributed by atoms with Gasteiger partial charge in [0.25, 0.3) is 0 Å². The highest BCUT2D eigenvalue weighted by atomic mass is 35.5. The Balaban J connectivity index is 0.0000221. The summed E-state index contributed by atoms with van der Waals surface area (Å²) in [6.45, 7) is 10.7. The van der Waals surface area contributed by atoms with Gasteiger partial charge < -0.3 is 26.4 Å². The number of halogens is 1. The van der Waals surface area contributed by atoms with Crippen LogP contribution < -0.4 is 12.4 Å². The number of hydrogen-bond acceptors (Lipinski definition) is 2. The first-order chi connectivity index (χ1) is 23.1. The number of rotatable bonds is 34. The molecule has 1 aliphatic heterocycles. The van der Waals surface area contributed by atoms with Gasteiger partial charge in [-0.05, 0) is 77.0 Å². The largest absolute Gasteiger partial charge is 1.00 e. The molecule has 0 aromatic rings. The zero-order valence-corrected chi connectivity index (χ0v) is 33.4. The van der Waals surface area contributed by atoms with Crippen LogP contribution in [0.25, 0.3) is 0 Å². The molecule has 0 amide bonds. The number of likely N-dealkylation sites (tertiary alicyclic amines) is 1. The monoisotopic (exact) mass is 692 g/mol. The summed E-state index contributed by atoms with van der Waals surface area (Å²) >= 11 is 0. The second-order valence-electron chi connectivity index (χ2n) is 15.1. The highest BCUT2D eigenvalue weighted by Crippen LogP contribution is 2.28. The molecule has 0 aromatic heterocycles.